The molecule has 1 saturated heterocycles. The molecule has 0 radical (unpaired) electrons. The fourth-order valence-corrected chi connectivity index (χ4v) is 4.44. The Labute approximate surface area is 217 Å². The topological polar surface area (TPSA) is 43.0 Å². The Morgan fingerprint density at radius 3 is 1.60 bits per heavy atom. The van der Waals surface area contributed by atoms with Crippen LogP contribution in [0.1, 0.15) is 22.6 Å². The molecule has 1 fully saturated rings. The Bertz CT molecular complexity index is 1050. The van der Waals surface area contributed by atoms with Gasteiger partial charge in [-0.05, 0) is 41.5 Å². The molecule has 1 heterocycles. The van der Waals surface area contributed by atoms with Crippen molar-refractivity contribution >= 4 is 30.5 Å². The lowest BCUT2D eigenvalue weighted by Crippen LogP contribution is -2.43. The van der Waals surface area contributed by atoms with Gasteiger partial charge < -0.3 is 24.4 Å². The van der Waals surface area contributed by atoms with E-state index in [4.69, 9.17) is 14.2 Å². The second kappa shape index (κ2) is 12.8. The van der Waals surface area contributed by atoms with Crippen LogP contribution in [0.5, 0.6) is 17.2 Å². The van der Waals surface area contributed by atoms with E-state index in [1.807, 2.05) is 6.07 Å². The summed E-state index contributed by atoms with van der Waals surface area (Å²) in [4.78, 5) is 2.24. The molecule has 3 aromatic carbocycles. The summed E-state index contributed by atoms with van der Waals surface area (Å²) in [6, 6.07) is 14.7. The molecule has 1 N–H and O–H groups in total. The molecule has 0 atom stereocenters. The minimum Gasteiger partial charge on any atom is -0.492 e. The zero-order valence-electron chi connectivity index (χ0n) is 19.8. The number of benzene rings is 3. The average Bonchev–Trinajstić information content (AvgIpc) is 2.86. The minimum absolute atomic E-state index is 0. The fourth-order valence-electron chi connectivity index (χ4n) is 4.44. The molecule has 190 valence electrons. The number of halogens is 4. The first-order valence-electron chi connectivity index (χ1n) is 10.9. The molecule has 5 nitrogen and oxygen atoms in total. The van der Waals surface area contributed by atoms with Crippen molar-refractivity contribution in [2.45, 2.75) is 5.92 Å². The highest BCUT2D eigenvalue weighted by Gasteiger charge is 2.30. The van der Waals surface area contributed by atoms with Crippen molar-refractivity contribution in [1.29, 1.82) is 0 Å². The van der Waals surface area contributed by atoms with Crippen molar-refractivity contribution in [3.63, 3.8) is 0 Å². The van der Waals surface area contributed by atoms with E-state index >= 15 is 0 Å². The van der Waals surface area contributed by atoms with Crippen LogP contribution in [0.4, 0.5) is 14.5 Å². The van der Waals surface area contributed by atoms with Crippen LogP contribution < -0.4 is 24.4 Å². The van der Waals surface area contributed by atoms with Crippen LogP contribution in [0, 0.1) is 11.6 Å². The van der Waals surface area contributed by atoms with Crippen molar-refractivity contribution in [1.82, 2.24) is 5.32 Å². The number of methoxy groups -OCH3 is 3. The Balaban J connectivity index is 0.00000216. The molecule has 3 aromatic rings. The number of ether oxygens (including phenoxy) is 3. The predicted molar refractivity (Wildman–Crippen MR) is 139 cm³/mol. The highest BCUT2D eigenvalue weighted by molar-refractivity contribution is 5.85. The van der Waals surface area contributed by atoms with Gasteiger partial charge in [0.15, 0.2) is 11.5 Å². The third-order valence-electron chi connectivity index (χ3n) is 5.99. The summed E-state index contributed by atoms with van der Waals surface area (Å²) in [5.41, 5.74) is 3.40. The summed E-state index contributed by atoms with van der Waals surface area (Å²) in [6.45, 7) is 3.32. The van der Waals surface area contributed by atoms with E-state index in [-0.39, 0.29) is 42.4 Å². The van der Waals surface area contributed by atoms with Crippen LogP contribution in [-0.2, 0) is 0 Å². The number of anilines is 1. The number of rotatable bonds is 7. The number of piperazine rings is 1. The second-order valence-electron chi connectivity index (χ2n) is 7.86. The predicted octanol–water partition coefficient (Wildman–Crippen LogP) is 5.42. The molecule has 0 amide bonds. The Hall–Kier alpha value is -2.74. The normalized spacial score (nSPS) is 13.0. The molecule has 0 saturated carbocycles. The highest BCUT2D eigenvalue weighted by atomic mass is 35.5. The SMILES string of the molecule is COc1c(C(c2ccc(F)cc2)c2ccc(F)cc2)cc(N2CCNCC2)c(OC)c1OC.Cl.Cl. The van der Waals surface area contributed by atoms with E-state index in [2.05, 4.69) is 10.2 Å². The van der Waals surface area contributed by atoms with E-state index in [1.54, 1.807) is 45.6 Å². The summed E-state index contributed by atoms with van der Waals surface area (Å²) in [6.07, 6.45) is 0. The fraction of sp³-hybridized carbons (Fsp3) is 0.308. The Morgan fingerprint density at radius 2 is 1.17 bits per heavy atom. The van der Waals surface area contributed by atoms with Crippen LogP contribution in [0.2, 0.25) is 0 Å². The standard InChI is InChI=1S/C26H28F2N2O3.2ClH/c1-31-24-21(16-22(25(32-2)26(24)33-3)30-14-12-29-13-15-30)23(17-4-8-19(27)9-5-17)18-6-10-20(28)11-7-18;;/h4-11,16,23,29H,12-15H2,1-3H3;2*1H. The Morgan fingerprint density at radius 1 is 0.714 bits per heavy atom. The van der Waals surface area contributed by atoms with Crippen LogP contribution in [0.3, 0.4) is 0 Å². The minimum atomic E-state index is -0.345. The summed E-state index contributed by atoms with van der Waals surface area (Å²) in [5, 5.41) is 3.36. The third kappa shape index (κ3) is 5.92. The monoisotopic (exact) mass is 526 g/mol. The molecule has 0 aromatic heterocycles. The molecule has 35 heavy (non-hydrogen) atoms. The lowest BCUT2D eigenvalue weighted by molar-refractivity contribution is 0.322. The quantitative estimate of drug-likeness (QED) is 0.416. The van der Waals surface area contributed by atoms with Gasteiger partial charge in [-0.3, -0.25) is 0 Å². The molecule has 0 spiro atoms. The first kappa shape index (κ1) is 28.5. The number of hydrogen-bond donors (Lipinski definition) is 1. The van der Waals surface area contributed by atoms with Crippen LogP contribution in [-0.4, -0.2) is 47.5 Å². The van der Waals surface area contributed by atoms with E-state index < -0.39 is 0 Å². The van der Waals surface area contributed by atoms with Crippen molar-refractivity contribution in [2.24, 2.45) is 0 Å². The lowest BCUT2D eigenvalue weighted by Gasteiger charge is -2.33. The number of nitrogens with one attached hydrogen (secondary N) is 1. The van der Waals surface area contributed by atoms with Gasteiger partial charge in [-0.25, -0.2) is 8.78 Å². The second-order valence-corrected chi connectivity index (χ2v) is 7.86. The lowest BCUT2D eigenvalue weighted by atomic mass is 9.84. The molecule has 0 unspecified atom stereocenters. The van der Waals surface area contributed by atoms with Crippen LogP contribution >= 0.6 is 24.8 Å². The first-order valence-corrected chi connectivity index (χ1v) is 10.9. The maximum absolute atomic E-state index is 13.8. The molecule has 9 heteroatoms. The maximum Gasteiger partial charge on any atom is 0.205 e. The summed E-state index contributed by atoms with van der Waals surface area (Å²) in [7, 11) is 4.77. The molecule has 1 aliphatic heterocycles. The van der Waals surface area contributed by atoms with Gasteiger partial charge >= 0.3 is 0 Å². The largest absolute Gasteiger partial charge is 0.492 e. The van der Waals surface area contributed by atoms with Gasteiger partial charge in [0, 0.05) is 37.7 Å². The Kier molecular flexibility index (Phi) is 10.4. The first-order chi connectivity index (χ1) is 16.1. The van der Waals surface area contributed by atoms with E-state index in [0.717, 1.165) is 48.6 Å². The van der Waals surface area contributed by atoms with Gasteiger partial charge in [0.05, 0.1) is 27.0 Å². The molecule has 0 aliphatic carbocycles. The van der Waals surface area contributed by atoms with E-state index in [1.165, 1.54) is 24.3 Å². The van der Waals surface area contributed by atoms with Gasteiger partial charge in [0.2, 0.25) is 5.75 Å². The van der Waals surface area contributed by atoms with Gasteiger partial charge in [-0.15, -0.1) is 24.8 Å². The highest BCUT2D eigenvalue weighted by Crippen LogP contribution is 2.51. The van der Waals surface area contributed by atoms with Crippen molar-refractivity contribution in [3.8, 4) is 17.2 Å². The van der Waals surface area contributed by atoms with Crippen molar-refractivity contribution in [3.05, 3.63) is 82.9 Å². The smallest absolute Gasteiger partial charge is 0.205 e. The molecular weight excluding hydrogens is 497 g/mol. The van der Waals surface area contributed by atoms with Crippen LogP contribution in [0.25, 0.3) is 0 Å². The summed E-state index contributed by atoms with van der Waals surface area (Å²) in [5.74, 6) is 0.613. The van der Waals surface area contributed by atoms with Crippen LogP contribution in [0.15, 0.2) is 54.6 Å². The van der Waals surface area contributed by atoms with Gasteiger partial charge in [0.1, 0.15) is 11.6 Å². The zero-order valence-corrected chi connectivity index (χ0v) is 21.5. The number of nitrogens with zero attached hydrogens (tertiary/aromatic N) is 1. The molecule has 0 bridgehead atoms. The zero-order chi connectivity index (χ0) is 23.4. The molecule has 4 rings (SSSR count). The van der Waals surface area contributed by atoms with Gasteiger partial charge in [-0.1, -0.05) is 24.3 Å². The molecular formula is C26H30Cl2F2N2O3. The van der Waals surface area contributed by atoms with E-state index in [0.29, 0.717) is 17.2 Å². The van der Waals surface area contributed by atoms with Crippen molar-refractivity contribution in [2.75, 3.05) is 52.4 Å². The van der Waals surface area contributed by atoms with Gasteiger partial charge in [0.25, 0.3) is 0 Å². The molecule has 1 aliphatic rings. The average molecular weight is 527 g/mol. The summed E-state index contributed by atoms with van der Waals surface area (Å²) < 4.78 is 44.9. The third-order valence-corrected chi connectivity index (χ3v) is 5.99. The van der Waals surface area contributed by atoms with Gasteiger partial charge in [-0.2, -0.15) is 0 Å². The number of hydrogen-bond acceptors (Lipinski definition) is 5. The van der Waals surface area contributed by atoms with E-state index in [9.17, 15) is 8.78 Å². The maximum atomic E-state index is 13.8. The van der Waals surface area contributed by atoms with Crippen molar-refractivity contribution < 1.29 is 23.0 Å². The summed E-state index contributed by atoms with van der Waals surface area (Å²) >= 11 is 0.